The number of pyridine rings is 1. The predicted octanol–water partition coefficient (Wildman–Crippen LogP) is 4.91. The molecule has 1 aromatic carbocycles. The second kappa shape index (κ2) is 6.95. The van der Waals surface area contributed by atoms with Crippen LogP contribution in [0, 0.1) is 0 Å². The van der Waals surface area contributed by atoms with Crippen LogP contribution >= 0.6 is 23.2 Å². The fourth-order valence-corrected chi connectivity index (χ4v) is 2.65. The number of nitrogens with one attached hydrogen (secondary N) is 1. The van der Waals surface area contributed by atoms with Gasteiger partial charge in [0.2, 0.25) is 0 Å². The Bertz CT molecular complexity index is 859. The summed E-state index contributed by atoms with van der Waals surface area (Å²) in [4.78, 5) is 16.4. The van der Waals surface area contributed by atoms with Crippen molar-refractivity contribution in [1.82, 2.24) is 4.98 Å². The maximum Gasteiger partial charge on any atom is 0.255 e. The van der Waals surface area contributed by atoms with Gasteiger partial charge >= 0.3 is 0 Å². The van der Waals surface area contributed by atoms with Gasteiger partial charge in [-0.1, -0.05) is 23.2 Å². The molecule has 0 aliphatic carbocycles. The Morgan fingerprint density at radius 3 is 2.58 bits per heavy atom. The molecule has 0 unspecified atom stereocenters. The van der Waals surface area contributed by atoms with Crippen molar-refractivity contribution in [3.63, 3.8) is 0 Å². The molecule has 1 amide bonds. The molecule has 0 radical (unpaired) electrons. The Labute approximate surface area is 148 Å². The highest BCUT2D eigenvalue weighted by atomic mass is 35.5. The molecule has 5 nitrogen and oxygen atoms in total. The monoisotopic (exact) mass is 362 g/mol. The normalized spacial score (nSPS) is 10.5. The van der Waals surface area contributed by atoms with Gasteiger partial charge in [-0.15, -0.1) is 0 Å². The van der Waals surface area contributed by atoms with Crippen molar-refractivity contribution in [2.75, 3.05) is 12.4 Å². The molecule has 0 bridgehead atoms. The Morgan fingerprint density at radius 2 is 1.96 bits per heavy atom. The molecule has 2 heterocycles. The number of aromatic nitrogens is 1. The van der Waals surface area contributed by atoms with Gasteiger partial charge in [-0.3, -0.25) is 9.78 Å². The lowest BCUT2D eigenvalue weighted by molar-refractivity contribution is 0.102. The molecule has 0 saturated carbocycles. The van der Waals surface area contributed by atoms with Crippen LogP contribution in [0.5, 0.6) is 5.75 Å². The number of benzene rings is 1. The highest BCUT2D eigenvalue weighted by Gasteiger charge is 2.16. The number of methoxy groups -OCH3 is 1. The van der Waals surface area contributed by atoms with Crippen molar-refractivity contribution in [1.29, 1.82) is 0 Å². The number of hydrogen-bond acceptors (Lipinski definition) is 4. The smallest absolute Gasteiger partial charge is 0.255 e. The number of amides is 1. The van der Waals surface area contributed by atoms with E-state index in [1.807, 2.05) is 0 Å². The Morgan fingerprint density at radius 1 is 1.21 bits per heavy atom. The molecule has 3 rings (SSSR count). The zero-order valence-corrected chi connectivity index (χ0v) is 14.1. The lowest BCUT2D eigenvalue weighted by Crippen LogP contribution is -2.13. The van der Waals surface area contributed by atoms with Gasteiger partial charge in [0.15, 0.2) is 0 Å². The van der Waals surface area contributed by atoms with Crippen molar-refractivity contribution in [2.24, 2.45) is 0 Å². The largest absolute Gasteiger partial charge is 0.496 e. The lowest BCUT2D eigenvalue weighted by Gasteiger charge is -2.11. The molecule has 7 heteroatoms. The summed E-state index contributed by atoms with van der Waals surface area (Å²) in [7, 11) is 1.55. The van der Waals surface area contributed by atoms with Crippen LogP contribution in [0.25, 0.3) is 11.3 Å². The van der Waals surface area contributed by atoms with Gasteiger partial charge in [0.05, 0.1) is 34.7 Å². The second-order valence-corrected chi connectivity index (χ2v) is 5.64. The van der Waals surface area contributed by atoms with Crippen molar-refractivity contribution >= 4 is 34.8 Å². The number of rotatable bonds is 4. The average molecular weight is 363 g/mol. The summed E-state index contributed by atoms with van der Waals surface area (Å²) < 4.78 is 10.7. The first-order valence-electron chi connectivity index (χ1n) is 6.92. The number of carbonyl (C=O) groups is 1. The summed E-state index contributed by atoms with van der Waals surface area (Å²) in [6.07, 6.45) is 4.37. The summed E-state index contributed by atoms with van der Waals surface area (Å²) in [5.41, 5.74) is 1.39. The first-order chi connectivity index (χ1) is 11.6. The summed E-state index contributed by atoms with van der Waals surface area (Å²) in [5, 5.41) is 3.21. The Kier molecular flexibility index (Phi) is 4.74. The fourth-order valence-electron chi connectivity index (χ4n) is 2.19. The minimum atomic E-state index is -0.361. The molecule has 0 aliphatic heterocycles. The molecule has 0 aliphatic rings. The first-order valence-corrected chi connectivity index (χ1v) is 7.68. The molecule has 24 heavy (non-hydrogen) atoms. The molecule has 2 aromatic heterocycles. The van der Waals surface area contributed by atoms with Crippen molar-refractivity contribution in [3.8, 4) is 17.1 Å². The van der Waals surface area contributed by atoms with Crippen molar-refractivity contribution < 1.29 is 13.9 Å². The van der Waals surface area contributed by atoms with Crippen LogP contribution in [-0.2, 0) is 0 Å². The molecule has 122 valence electrons. The lowest BCUT2D eigenvalue weighted by atomic mass is 10.1. The minimum Gasteiger partial charge on any atom is -0.496 e. The maximum absolute atomic E-state index is 12.5. The molecule has 1 N–H and O–H groups in total. The third kappa shape index (κ3) is 3.22. The number of halogens is 2. The highest BCUT2D eigenvalue weighted by Crippen LogP contribution is 2.33. The molecule has 0 saturated heterocycles. The number of nitrogens with zero attached hydrogens (tertiary/aromatic N) is 1. The topological polar surface area (TPSA) is 64.4 Å². The van der Waals surface area contributed by atoms with E-state index < -0.39 is 0 Å². The van der Waals surface area contributed by atoms with E-state index in [4.69, 9.17) is 32.4 Å². The number of furan rings is 1. The van der Waals surface area contributed by atoms with Crippen LogP contribution in [0.2, 0.25) is 10.0 Å². The van der Waals surface area contributed by atoms with E-state index >= 15 is 0 Å². The third-order valence-electron chi connectivity index (χ3n) is 3.34. The van der Waals surface area contributed by atoms with E-state index in [9.17, 15) is 4.79 Å². The van der Waals surface area contributed by atoms with Gasteiger partial charge in [0.1, 0.15) is 11.5 Å². The SMILES string of the molecule is COc1ccc(C(=O)Nc2c(Cl)cncc2Cl)cc1-c1ccco1. The van der Waals surface area contributed by atoms with Crippen LogP contribution in [-0.4, -0.2) is 18.0 Å². The molecular weight excluding hydrogens is 351 g/mol. The van der Waals surface area contributed by atoms with Crippen LogP contribution in [0.3, 0.4) is 0 Å². The number of anilines is 1. The zero-order valence-electron chi connectivity index (χ0n) is 12.5. The van der Waals surface area contributed by atoms with Gasteiger partial charge in [0.25, 0.3) is 5.91 Å². The molecule has 0 spiro atoms. The number of hydrogen-bond donors (Lipinski definition) is 1. The van der Waals surface area contributed by atoms with Crippen LogP contribution in [0.4, 0.5) is 5.69 Å². The summed E-state index contributed by atoms with van der Waals surface area (Å²) >= 11 is 12.0. The van der Waals surface area contributed by atoms with Gasteiger partial charge in [0, 0.05) is 18.0 Å². The summed E-state index contributed by atoms with van der Waals surface area (Å²) in [6, 6.07) is 8.57. The first kappa shape index (κ1) is 16.4. The van der Waals surface area contributed by atoms with Crippen LogP contribution < -0.4 is 10.1 Å². The average Bonchev–Trinajstić information content (AvgIpc) is 3.12. The van der Waals surface area contributed by atoms with Gasteiger partial charge in [-0.2, -0.15) is 0 Å². The van der Waals surface area contributed by atoms with E-state index in [-0.39, 0.29) is 16.0 Å². The van der Waals surface area contributed by atoms with Crippen molar-refractivity contribution in [2.45, 2.75) is 0 Å². The fraction of sp³-hybridized carbons (Fsp3) is 0.0588. The van der Waals surface area contributed by atoms with E-state index in [1.165, 1.54) is 12.4 Å². The van der Waals surface area contributed by atoms with E-state index in [0.29, 0.717) is 28.3 Å². The highest BCUT2D eigenvalue weighted by molar-refractivity contribution is 6.39. The number of carbonyl (C=O) groups excluding carboxylic acids is 1. The second-order valence-electron chi connectivity index (χ2n) is 4.82. The minimum absolute atomic E-state index is 0.260. The van der Waals surface area contributed by atoms with E-state index in [0.717, 1.165) is 0 Å². The van der Waals surface area contributed by atoms with Gasteiger partial charge < -0.3 is 14.5 Å². The quantitative estimate of drug-likeness (QED) is 0.715. The maximum atomic E-state index is 12.5. The standard InChI is InChI=1S/C17H12Cl2N2O3/c1-23-14-5-4-10(7-11(14)15-3-2-6-24-15)17(22)21-16-12(18)8-20-9-13(16)19/h2-9H,1H3,(H,20,21,22). The van der Waals surface area contributed by atoms with Crippen molar-refractivity contribution in [3.05, 3.63) is 64.6 Å². The molecule has 0 atom stereocenters. The van der Waals surface area contributed by atoms with Gasteiger partial charge in [-0.05, 0) is 30.3 Å². The number of ether oxygens (including phenoxy) is 1. The predicted molar refractivity (Wildman–Crippen MR) is 92.9 cm³/mol. The summed E-state index contributed by atoms with van der Waals surface area (Å²) in [5.74, 6) is 0.836. The Hall–Kier alpha value is -2.50. The molecule has 3 aromatic rings. The van der Waals surface area contributed by atoms with Crippen LogP contribution in [0.15, 0.2) is 53.4 Å². The Balaban J connectivity index is 1.95. The third-order valence-corrected chi connectivity index (χ3v) is 3.91. The molecule has 0 fully saturated rings. The molecular formula is C17H12Cl2N2O3. The van der Waals surface area contributed by atoms with E-state index in [1.54, 1.807) is 43.7 Å². The van der Waals surface area contributed by atoms with Crippen LogP contribution in [0.1, 0.15) is 10.4 Å². The summed E-state index contributed by atoms with van der Waals surface area (Å²) in [6.45, 7) is 0. The van der Waals surface area contributed by atoms with E-state index in [2.05, 4.69) is 10.3 Å². The zero-order chi connectivity index (χ0) is 17.1. The van der Waals surface area contributed by atoms with Gasteiger partial charge in [-0.25, -0.2) is 0 Å².